The van der Waals surface area contributed by atoms with Crippen molar-refractivity contribution in [2.45, 2.75) is 25.2 Å². The molecule has 15 heteroatoms. The number of fused-ring (bicyclic) bond motifs is 1. The molecule has 4 heterocycles. The van der Waals surface area contributed by atoms with Crippen LogP contribution in [0.4, 0.5) is 24.8 Å². The van der Waals surface area contributed by atoms with Gasteiger partial charge >= 0.3 is 11.9 Å². The van der Waals surface area contributed by atoms with Crippen LogP contribution in [-0.2, 0) is 36.4 Å². The number of imidazole rings is 1. The Labute approximate surface area is 253 Å². The number of rotatable bonds is 5. The van der Waals surface area contributed by atoms with Gasteiger partial charge in [-0.15, -0.1) is 0 Å². The van der Waals surface area contributed by atoms with Crippen LogP contribution in [0.2, 0.25) is 5.02 Å². The van der Waals surface area contributed by atoms with Crippen LogP contribution in [0.1, 0.15) is 17.5 Å². The van der Waals surface area contributed by atoms with Gasteiger partial charge in [-0.1, -0.05) is 41.9 Å². The molecule has 0 bridgehead atoms. The van der Waals surface area contributed by atoms with E-state index in [9.17, 15) is 32.3 Å². The lowest BCUT2D eigenvalue weighted by atomic mass is 10.1. The van der Waals surface area contributed by atoms with Crippen LogP contribution in [-0.4, -0.2) is 67.6 Å². The fraction of sp³-hybridized carbons (Fsp3) is 0.345. The Morgan fingerprint density at radius 3 is 2.25 bits per heavy atom. The standard InChI is InChI=1S/C29H27ClF3N7O4/c1-35-24-23(26(43)36(2)28(35)44)39(16-17-7-3-5-9-19(17)30)27(34-24)38-13-11-37(12-14-38)21-15-22(41)40(25(21)42)20-10-6-4-8-18(20)29(31,32)33/h3-10,21H,11-16H2,1-2H3. The number of carbonyl (C=O) groups is 2. The molecule has 0 N–H and O–H groups in total. The molecular formula is C29H27ClF3N7O4. The van der Waals surface area contributed by atoms with E-state index in [0.29, 0.717) is 42.0 Å². The first-order chi connectivity index (χ1) is 20.9. The third-order valence-electron chi connectivity index (χ3n) is 8.23. The van der Waals surface area contributed by atoms with E-state index in [1.54, 1.807) is 21.6 Å². The molecule has 2 aromatic carbocycles. The first kappa shape index (κ1) is 29.6. The highest BCUT2D eigenvalue weighted by Gasteiger charge is 2.46. The van der Waals surface area contributed by atoms with Crippen LogP contribution in [0.5, 0.6) is 0 Å². The molecule has 2 saturated heterocycles. The number of nitrogens with zero attached hydrogens (tertiary/aromatic N) is 7. The fourth-order valence-electron chi connectivity index (χ4n) is 5.92. The topological polar surface area (TPSA) is 106 Å². The largest absolute Gasteiger partial charge is 0.418 e. The molecule has 2 aromatic heterocycles. The lowest BCUT2D eigenvalue weighted by molar-refractivity contribution is -0.137. The van der Waals surface area contributed by atoms with Crippen LogP contribution in [0, 0.1) is 0 Å². The Bertz CT molecular complexity index is 1920. The molecule has 230 valence electrons. The van der Waals surface area contributed by atoms with Gasteiger partial charge in [0.05, 0.1) is 30.3 Å². The second-order valence-electron chi connectivity index (χ2n) is 10.8. The number of amides is 2. The number of hydrogen-bond acceptors (Lipinski definition) is 7. The first-order valence-electron chi connectivity index (χ1n) is 13.8. The van der Waals surface area contributed by atoms with Gasteiger partial charge in [-0.05, 0) is 23.8 Å². The zero-order valence-electron chi connectivity index (χ0n) is 23.7. The number of alkyl halides is 3. The summed E-state index contributed by atoms with van der Waals surface area (Å²) in [5.41, 5.74) is -1.40. The van der Waals surface area contributed by atoms with Gasteiger partial charge in [0.15, 0.2) is 11.2 Å². The molecule has 44 heavy (non-hydrogen) atoms. The Morgan fingerprint density at radius 1 is 0.909 bits per heavy atom. The average Bonchev–Trinajstić information content (AvgIpc) is 3.52. The third-order valence-corrected chi connectivity index (χ3v) is 8.59. The van der Waals surface area contributed by atoms with Crippen molar-refractivity contribution in [1.82, 2.24) is 23.6 Å². The second kappa shape index (κ2) is 10.9. The molecule has 6 rings (SSSR count). The molecule has 2 fully saturated rings. The molecule has 0 radical (unpaired) electrons. The maximum absolute atomic E-state index is 13.7. The van der Waals surface area contributed by atoms with E-state index in [-0.39, 0.29) is 24.1 Å². The van der Waals surface area contributed by atoms with E-state index in [4.69, 9.17) is 16.6 Å². The predicted octanol–water partition coefficient (Wildman–Crippen LogP) is 2.61. The van der Waals surface area contributed by atoms with Crippen LogP contribution in [0.3, 0.4) is 0 Å². The van der Waals surface area contributed by atoms with Crippen LogP contribution < -0.4 is 21.0 Å². The van der Waals surface area contributed by atoms with Crippen LogP contribution >= 0.6 is 11.6 Å². The number of imide groups is 1. The molecule has 0 spiro atoms. The maximum Gasteiger partial charge on any atom is 0.418 e. The maximum atomic E-state index is 13.7. The van der Waals surface area contributed by atoms with Gasteiger partial charge in [-0.2, -0.15) is 18.2 Å². The monoisotopic (exact) mass is 629 g/mol. The van der Waals surface area contributed by atoms with E-state index in [1.807, 2.05) is 17.0 Å². The minimum absolute atomic E-state index is 0.197. The Kier molecular flexibility index (Phi) is 7.36. The fourth-order valence-corrected chi connectivity index (χ4v) is 6.11. The zero-order chi connectivity index (χ0) is 31.5. The normalized spacial score (nSPS) is 18.2. The minimum Gasteiger partial charge on any atom is -0.340 e. The number of halogens is 4. The number of aryl methyl sites for hydroxylation is 1. The summed E-state index contributed by atoms with van der Waals surface area (Å²) < 4.78 is 45.0. The van der Waals surface area contributed by atoms with Crippen molar-refractivity contribution in [3.63, 3.8) is 0 Å². The summed E-state index contributed by atoms with van der Waals surface area (Å²) in [6.45, 7) is 1.45. The summed E-state index contributed by atoms with van der Waals surface area (Å²) in [7, 11) is 2.93. The van der Waals surface area contributed by atoms with Crippen molar-refractivity contribution in [3.8, 4) is 0 Å². The summed E-state index contributed by atoms with van der Waals surface area (Å²) >= 11 is 6.45. The summed E-state index contributed by atoms with van der Waals surface area (Å²) in [5.74, 6) is -0.977. The number of benzene rings is 2. The number of anilines is 2. The van der Waals surface area contributed by atoms with Crippen molar-refractivity contribution in [2.24, 2.45) is 14.1 Å². The highest BCUT2D eigenvalue weighted by molar-refractivity contribution is 6.31. The van der Waals surface area contributed by atoms with Gasteiger partial charge in [-0.25, -0.2) is 9.69 Å². The summed E-state index contributed by atoms with van der Waals surface area (Å²) in [6, 6.07) is 10.8. The quantitative estimate of drug-likeness (QED) is 0.313. The van der Waals surface area contributed by atoms with Gasteiger partial charge in [0.25, 0.3) is 11.5 Å². The first-order valence-corrected chi connectivity index (χ1v) is 14.2. The van der Waals surface area contributed by atoms with E-state index in [1.165, 1.54) is 30.8 Å². The molecule has 2 aliphatic rings. The van der Waals surface area contributed by atoms with Gasteiger partial charge in [0.1, 0.15) is 0 Å². The highest BCUT2D eigenvalue weighted by Crippen LogP contribution is 2.39. The van der Waals surface area contributed by atoms with E-state index < -0.39 is 46.5 Å². The predicted molar refractivity (Wildman–Crippen MR) is 157 cm³/mol. The summed E-state index contributed by atoms with van der Waals surface area (Å²) in [5, 5.41) is 0.493. The Hall–Kier alpha value is -4.43. The highest BCUT2D eigenvalue weighted by atomic mass is 35.5. The molecule has 11 nitrogen and oxygen atoms in total. The number of piperazine rings is 1. The van der Waals surface area contributed by atoms with Gasteiger partial charge < -0.3 is 4.90 Å². The van der Waals surface area contributed by atoms with Gasteiger partial charge in [0.2, 0.25) is 11.9 Å². The second-order valence-corrected chi connectivity index (χ2v) is 11.2. The SMILES string of the molecule is Cn1c(=O)c2c(nc(N3CCN(C4CC(=O)N(c5ccccc5C(F)(F)F)C4=O)CC3)n2Cc2ccccc2Cl)n(C)c1=O. The molecule has 1 atom stereocenters. The number of para-hydroxylation sites is 1. The molecule has 0 aliphatic carbocycles. The van der Waals surface area contributed by atoms with Crippen LogP contribution in [0.15, 0.2) is 58.1 Å². The van der Waals surface area contributed by atoms with Crippen molar-refractivity contribution in [2.75, 3.05) is 36.0 Å². The lowest BCUT2D eigenvalue weighted by Crippen LogP contribution is -2.53. The number of hydrogen-bond donors (Lipinski definition) is 0. The third kappa shape index (κ3) is 4.87. The Morgan fingerprint density at radius 2 is 1.57 bits per heavy atom. The van der Waals surface area contributed by atoms with Gasteiger partial charge in [-0.3, -0.25) is 33.0 Å². The minimum atomic E-state index is -4.74. The summed E-state index contributed by atoms with van der Waals surface area (Å²) in [6.07, 6.45) is -4.98. The van der Waals surface area contributed by atoms with E-state index >= 15 is 0 Å². The van der Waals surface area contributed by atoms with Crippen LogP contribution in [0.25, 0.3) is 11.2 Å². The molecule has 2 amide bonds. The van der Waals surface area contributed by atoms with Crippen molar-refractivity contribution in [3.05, 3.63) is 85.5 Å². The van der Waals surface area contributed by atoms with E-state index in [2.05, 4.69) is 0 Å². The number of aromatic nitrogens is 4. The van der Waals surface area contributed by atoms with Crippen molar-refractivity contribution in [1.29, 1.82) is 0 Å². The van der Waals surface area contributed by atoms with Crippen molar-refractivity contribution >= 4 is 46.2 Å². The van der Waals surface area contributed by atoms with Gasteiger partial charge in [0, 0.05) is 45.3 Å². The lowest BCUT2D eigenvalue weighted by Gasteiger charge is -2.37. The smallest absolute Gasteiger partial charge is 0.340 e. The molecule has 4 aromatic rings. The zero-order valence-corrected chi connectivity index (χ0v) is 24.5. The molecular weight excluding hydrogens is 603 g/mol. The summed E-state index contributed by atoms with van der Waals surface area (Å²) in [4.78, 5) is 61.3. The molecule has 0 saturated carbocycles. The molecule has 1 unspecified atom stereocenters. The average molecular weight is 630 g/mol. The Balaban J connectivity index is 1.29. The van der Waals surface area contributed by atoms with Crippen molar-refractivity contribution < 1.29 is 22.8 Å². The molecule has 2 aliphatic heterocycles. The number of carbonyl (C=O) groups excluding carboxylic acids is 2. The van der Waals surface area contributed by atoms with E-state index in [0.717, 1.165) is 22.3 Å².